The van der Waals surface area contributed by atoms with Gasteiger partial charge < -0.3 is 20.3 Å². The number of thiocarbonyl (C=S) groups is 1. The zero-order valence-electron chi connectivity index (χ0n) is 11.4. The molecule has 2 heterocycles. The lowest BCUT2D eigenvalue weighted by molar-refractivity contribution is 0.105. The average molecular weight is 294 g/mol. The van der Waals surface area contributed by atoms with Crippen LogP contribution < -0.4 is 10.6 Å². The number of carbonyl (C=O) groups excluding carboxylic acids is 1. The van der Waals surface area contributed by atoms with E-state index < -0.39 is 0 Å². The van der Waals surface area contributed by atoms with Gasteiger partial charge in [-0.1, -0.05) is 12.2 Å². The summed E-state index contributed by atoms with van der Waals surface area (Å²) in [6.07, 6.45) is 1.45. The molecule has 108 valence electrons. The third kappa shape index (κ3) is 3.36. The van der Waals surface area contributed by atoms with E-state index in [0.29, 0.717) is 25.4 Å². The number of amides is 1. The number of pyridine rings is 1. The van der Waals surface area contributed by atoms with E-state index in [2.05, 4.69) is 9.88 Å². The summed E-state index contributed by atoms with van der Waals surface area (Å²) in [6, 6.07) is 3.80. The smallest absolute Gasteiger partial charge is 0.409 e. The molecule has 0 spiro atoms. The maximum Gasteiger partial charge on any atom is 0.409 e. The van der Waals surface area contributed by atoms with Crippen LogP contribution in [0.3, 0.4) is 0 Å². The Kier molecular flexibility index (Phi) is 4.73. The molecular weight excluding hydrogens is 276 g/mol. The topological polar surface area (TPSA) is 71.7 Å². The first-order chi connectivity index (χ1) is 9.61. The number of rotatable bonds is 3. The van der Waals surface area contributed by atoms with Crippen LogP contribution in [0.1, 0.15) is 12.6 Å². The van der Waals surface area contributed by atoms with E-state index in [9.17, 15) is 4.79 Å². The number of hydrogen-bond donors (Lipinski definition) is 1. The maximum atomic E-state index is 11.6. The van der Waals surface area contributed by atoms with Crippen molar-refractivity contribution in [1.29, 1.82) is 0 Å². The van der Waals surface area contributed by atoms with Crippen LogP contribution in [0.15, 0.2) is 18.3 Å². The zero-order chi connectivity index (χ0) is 14.5. The summed E-state index contributed by atoms with van der Waals surface area (Å²) in [7, 11) is 0. The van der Waals surface area contributed by atoms with Crippen LogP contribution in [0.5, 0.6) is 0 Å². The van der Waals surface area contributed by atoms with Gasteiger partial charge in [0.15, 0.2) is 0 Å². The van der Waals surface area contributed by atoms with Gasteiger partial charge in [-0.05, 0) is 19.1 Å². The molecule has 0 radical (unpaired) electrons. The van der Waals surface area contributed by atoms with E-state index in [-0.39, 0.29) is 11.1 Å². The molecule has 20 heavy (non-hydrogen) atoms. The van der Waals surface area contributed by atoms with Gasteiger partial charge in [0.1, 0.15) is 4.99 Å². The van der Waals surface area contributed by atoms with E-state index >= 15 is 0 Å². The van der Waals surface area contributed by atoms with E-state index in [4.69, 9.17) is 22.7 Å². The molecule has 2 N–H and O–H groups in total. The van der Waals surface area contributed by atoms with Crippen LogP contribution in [0.2, 0.25) is 0 Å². The van der Waals surface area contributed by atoms with Crippen molar-refractivity contribution >= 4 is 29.0 Å². The van der Waals surface area contributed by atoms with Crippen molar-refractivity contribution in [3.05, 3.63) is 24.0 Å². The second-order valence-corrected chi connectivity index (χ2v) is 4.88. The van der Waals surface area contributed by atoms with Gasteiger partial charge >= 0.3 is 6.09 Å². The summed E-state index contributed by atoms with van der Waals surface area (Å²) in [6.45, 7) is 5.00. The molecule has 1 saturated heterocycles. The molecule has 0 aromatic carbocycles. The van der Waals surface area contributed by atoms with Gasteiger partial charge in [0.2, 0.25) is 0 Å². The second kappa shape index (κ2) is 6.51. The predicted molar refractivity (Wildman–Crippen MR) is 80.9 cm³/mol. The predicted octanol–water partition coefficient (Wildman–Crippen LogP) is 0.994. The van der Waals surface area contributed by atoms with Gasteiger partial charge in [-0.15, -0.1) is 0 Å². The Morgan fingerprint density at radius 1 is 1.45 bits per heavy atom. The van der Waals surface area contributed by atoms with Gasteiger partial charge in [0.25, 0.3) is 0 Å². The van der Waals surface area contributed by atoms with E-state index in [1.165, 1.54) is 0 Å². The van der Waals surface area contributed by atoms with Gasteiger partial charge in [0.05, 0.1) is 12.3 Å². The number of piperazine rings is 1. The minimum atomic E-state index is -0.245. The minimum Gasteiger partial charge on any atom is -0.450 e. The first-order valence-corrected chi connectivity index (χ1v) is 6.95. The van der Waals surface area contributed by atoms with E-state index in [1.807, 2.05) is 19.1 Å². The van der Waals surface area contributed by atoms with Crippen LogP contribution in [0.25, 0.3) is 0 Å². The minimum absolute atomic E-state index is 0.245. The average Bonchev–Trinajstić information content (AvgIpc) is 2.48. The fraction of sp³-hybridized carbons (Fsp3) is 0.462. The van der Waals surface area contributed by atoms with Crippen molar-refractivity contribution in [3.63, 3.8) is 0 Å². The quantitative estimate of drug-likeness (QED) is 0.838. The monoisotopic (exact) mass is 294 g/mol. The maximum absolute atomic E-state index is 11.6. The van der Waals surface area contributed by atoms with Crippen molar-refractivity contribution in [1.82, 2.24) is 9.88 Å². The Morgan fingerprint density at radius 3 is 2.75 bits per heavy atom. The molecule has 0 saturated carbocycles. The summed E-state index contributed by atoms with van der Waals surface area (Å²) in [5.41, 5.74) is 7.22. The molecule has 1 aromatic rings. The molecule has 1 aliphatic heterocycles. The molecule has 0 bridgehead atoms. The lowest BCUT2D eigenvalue weighted by Gasteiger charge is -2.35. The Balaban J connectivity index is 1.98. The van der Waals surface area contributed by atoms with Crippen LogP contribution >= 0.6 is 12.2 Å². The SMILES string of the molecule is CCOC(=O)N1CCN(c2ccnc(C(N)=S)c2)CC1. The molecule has 1 amide bonds. The summed E-state index contributed by atoms with van der Waals surface area (Å²) in [5.74, 6) is 0. The highest BCUT2D eigenvalue weighted by atomic mass is 32.1. The highest BCUT2D eigenvalue weighted by molar-refractivity contribution is 7.80. The van der Waals surface area contributed by atoms with Crippen LogP contribution in [0, 0.1) is 0 Å². The normalized spacial score (nSPS) is 15.1. The number of anilines is 1. The molecule has 0 atom stereocenters. The molecule has 1 aliphatic rings. The number of carbonyl (C=O) groups is 1. The van der Waals surface area contributed by atoms with Crippen LogP contribution in [-0.2, 0) is 4.74 Å². The number of aromatic nitrogens is 1. The molecular formula is C13H18N4O2S. The third-order valence-corrected chi connectivity index (χ3v) is 3.38. The second-order valence-electron chi connectivity index (χ2n) is 4.44. The molecule has 7 heteroatoms. The zero-order valence-corrected chi connectivity index (χ0v) is 12.2. The van der Waals surface area contributed by atoms with Crippen molar-refractivity contribution in [3.8, 4) is 0 Å². The summed E-state index contributed by atoms with van der Waals surface area (Å²) < 4.78 is 5.00. The Bertz CT molecular complexity index is 501. The van der Waals surface area contributed by atoms with Crippen molar-refractivity contribution in [2.24, 2.45) is 5.73 Å². The number of nitrogens with zero attached hydrogens (tertiary/aromatic N) is 3. The van der Waals surface area contributed by atoms with Crippen molar-refractivity contribution in [2.45, 2.75) is 6.92 Å². The highest BCUT2D eigenvalue weighted by Gasteiger charge is 2.22. The number of hydrogen-bond acceptors (Lipinski definition) is 5. The van der Waals surface area contributed by atoms with E-state index in [1.54, 1.807) is 11.1 Å². The lowest BCUT2D eigenvalue weighted by atomic mass is 10.2. The van der Waals surface area contributed by atoms with Crippen LogP contribution in [-0.4, -0.2) is 53.8 Å². The first kappa shape index (κ1) is 14.5. The summed E-state index contributed by atoms with van der Waals surface area (Å²) in [5, 5.41) is 0. The lowest BCUT2D eigenvalue weighted by Crippen LogP contribution is -2.49. The van der Waals surface area contributed by atoms with Crippen LogP contribution in [0.4, 0.5) is 10.5 Å². The van der Waals surface area contributed by atoms with E-state index in [0.717, 1.165) is 18.8 Å². The first-order valence-electron chi connectivity index (χ1n) is 6.54. The summed E-state index contributed by atoms with van der Waals surface area (Å²) >= 11 is 4.93. The molecule has 0 aliphatic carbocycles. The standard InChI is InChI=1S/C13H18N4O2S/c1-2-19-13(18)17-7-5-16(6-8-17)10-3-4-15-11(9-10)12(14)20/h3-4,9H,2,5-8H2,1H3,(H2,14,20). The van der Waals surface area contributed by atoms with Gasteiger partial charge in [-0.25, -0.2) is 4.79 Å². The molecule has 1 aromatic heterocycles. The van der Waals surface area contributed by atoms with Crippen molar-refractivity contribution in [2.75, 3.05) is 37.7 Å². The highest BCUT2D eigenvalue weighted by Crippen LogP contribution is 2.17. The van der Waals surface area contributed by atoms with Crippen molar-refractivity contribution < 1.29 is 9.53 Å². The molecule has 0 unspecified atom stereocenters. The Morgan fingerprint density at radius 2 is 2.15 bits per heavy atom. The molecule has 2 rings (SSSR count). The fourth-order valence-electron chi connectivity index (χ4n) is 2.11. The fourth-order valence-corrected chi connectivity index (χ4v) is 2.22. The summed E-state index contributed by atoms with van der Waals surface area (Å²) in [4.78, 5) is 19.9. The number of nitrogens with two attached hydrogens (primary N) is 1. The van der Waals surface area contributed by atoms with Gasteiger partial charge in [0, 0.05) is 38.1 Å². The van der Waals surface area contributed by atoms with Gasteiger partial charge in [-0.2, -0.15) is 0 Å². The third-order valence-electron chi connectivity index (χ3n) is 3.17. The van der Waals surface area contributed by atoms with Gasteiger partial charge in [-0.3, -0.25) is 4.98 Å². The number of ether oxygens (including phenoxy) is 1. The molecule has 1 fully saturated rings. The molecule has 6 nitrogen and oxygen atoms in total. The Labute approximate surface area is 123 Å². The largest absolute Gasteiger partial charge is 0.450 e. The Hall–Kier alpha value is -1.89.